The van der Waals surface area contributed by atoms with Crippen LogP contribution < -0.4 is 5.32 Å². The van der Waals surface area contributed by atoms with Crippen LogP contribution in [-0.2, 0) is 17.8 Å². The minimum Gasteiger partial charge on any atom is -0.355 e. The van der Waals surface area contributed by atoms with Gasteiger partial charge in [0.15, 0.2) is 0 Å². The van der Waals surface area contributed by atoms with Crippen molar-refractivity contribution in [1.82, 2.24) is 20.2 Å². The highest BCUT2D eigenvalue weighted by Crippen LogP contribution is 2.59. The summed E-state index contributed by atoms with van der Waals surface area (Å²) in [6.07, 6.45) is 7.90. The molecule has 1 saturated heterocycles. The summed E-state index contributed by atoms with van der Waals surface area (Å²) in [5.74, 6) is 0.436. The van der Waals surface area contributed by atoms with Crippen LogP contribution in [0.15, 0.2) is 60.9 Å². The second-order valence-corrected chi connectivity index (χ2v) is 9.87. The lowest BCUT2D eigenvalue weighted by Crippen LogP contribution is -2.37. The van der Waals surface area contributed by atoms with E-state index in [0.717, 1.165) is 56.0 Å². The number of hydrogen-bond acceptors (Lipinski definition) is 5. The van der Waals surface area contributed by atoms with Crippen molar-refractivity contribution in [3.63, 3.8) is 0 Å². The number of likely N-dealkylation sites (tertiary alicyclic amines) is 1. The van der Waals surface area contributed by atoms with Gasteiger partial charge in [-0.15, -0.1) is 11.3 Å². The number of carbonyl (C=O) groups is 1. The van der Waals surface area contributed by atoms with Gasteiger partial charge in [-0.1, -0.05) is 36.4 Å². The fourth-order valence-corrected chi connectivity index (χ4v) is 5.69. The van der Waals surface area contributed by atoms with Crippen LogP contribution in [0.25, 0.3) is 10.6 Å². The van der Waals surface area contributed by atoms with Crippen LogP contribution in [0.3, 0.4) is 0 Å². The zero-order valence-corrected chi connectivity index (χ0v) is 18.5. The van der Waals surface area contributed by atoms with Crippen LogP contribution in [0.2, 0.25) is 0 Å². The molecule has 6 heteroatoms. The molecule has 5 rings (SSSR count). The van der Waals surface area contributed by atoms with E-state index in [4.69, 9.17) is 0 Å². The average molecular weight is 433 g/mol. The minimum atomic E-state index is 0.200. The number of hydrogen-bond donors (Lipinski definition) is 1. The average Bonchev–Trinajstić information content (AvgIpc) is 3.31. The van der Waals surface area contributed by atoms with Crippen LogP contribution in [0, 0.1) is 11.3 Å². The monoisotopic (exact) mass is 432 g/mol. The van der Waals surface area contributed by atoms with Gasteiger partial charge in [-0.05, 0) is 49.9 Å². The summed E-state index contributed by atoms with van der Waals surface area (Å²) in [7, 11) is 0. The number of carbonyl (C=O) groups excluding carboxylic acids is 1. The Labute approximate surface area is 187 Å². The molecule has 0 radical (unpaired) electrons. The topological polar surface area (TPSA) is 58.1 Å². The lowest BCUT2D eigenvalue weighted by molar-refractivity contribution is -0.123. The van der Waals surface area contributed by atoms with Gasteiger partial charge in [-0.2, -0.15) is 0 Å². The van der Waals surface area contributed by atoms with Gasteiger partial charge in [0.25, 0.3) is 0 Å². The van der Waals surface area contributed by atoms with Gasteiger partial charge in [0.1, 0.15) is 5.01 Å². The van der Waals surface area contributed by atoms with Crippen molar-refractivity contribution >= 4 is 17.2 Å². The summed E-state index contributed by atoms with van der Waals surface area (Å²) in [5.41, 5.74) is 2.46. The standard InChI is InChI=1S/C25H28N4OS/c30-23(27-13-9-20-8-4-5-12-26-20)22-16-25(22)10-14-29(15-11-25)18-21-17-28-24(31-21)19-6-2-1-3-7-19/h1-8,12,17,22H,9-11,13-16,18H2,(H,27,30)/t22-/m1/s1. The lowest BCUT2D eigenvalue weighted by atomic mass is 9.90. The summed E-state index contributed by atoms with van der Waals surface area (Å²) in [6.45, 7) is 3.76. The van der Waals surface area contributed by atoms with Crippen LogP contribution in [0.4, 0.5) is 0 Å². The molecule has 2 fully saturated rings. The Bertz CT molecular complexity index is 1010. The van der Waals surface area contributed by atoms with E-state index in [9.17, 15) is 4.79 Å². The van der Waals surface area contributed by atoms with Gasteiger partial charge in [-0.25, -0.2) is 4.98 Å². The maximum absolute atomic E-state index is 12.6. The van der Waals surface area contributed by atoms with Crippen LogP contribution >= 0.6 is 11.3 Å². The molecule has 1 aliphatic heterocycles. The third-order valence-electron chi connectivity index (χ3n) is 6.72. The molecule has 0 bridgehead atoms. The van der Waals surface area contributed by atoms with Crippen molar-refractivity contribution < 1.29 is 4.79 Å². The predicted octanol–water partition coefficient (Wildman–Crippen LogP) is 4.17. The van der Waals surface area contributed by atoms with E-state index in [1.54, 1.807) is 17.5 Å². The molecule has 1 amide bonds. The quantitative estimate of drug-likeness (QED) is 0.609. The Morgan fingerprint density at radius 2 is 1.90 bits per heavy atom. The number of thiazole rings is 1. The van der Waals surface area contributed by atoms with Gasteiger partial charge in [0.05, 0.1) is 0 Å². The van der Waals surface area contributed by atoms with E-state index in [0.29, 0.717) is 6.54 Å². The molecular weight excluding hydrogens is 404 g/mol. The van der Waals surface area contributed by atoms with Gasteiger partial charge in [0, 0.05) is 54.0 Å². The molecule has 0 unspecified atom stereocenters. The molecule has 3 heterocycles. The zero-order chi connectivity index (χ0) is 21.1. The molecule has 1 aromatic carbocycles. The van der Waals surface area contributed by atoms with Crippen molar-refractivity contribution in [2.45, 2.75) is 32.2 Å². The van der Waals surface area contributed by atoms with Crippen molar-refractivity contribution in [2.24, 2.45) is 11.3 Å². The Morgan fingerprint density at radius 3 is 2.68 bits per heavy atom. The van der Waals surface area contributed by atoms with E-state index in [1.165, 1.54) is 10.4 Å². The number of benzene rings is 1. The third-order valence-corrected chi connectivity index (χ3v) is 7.75. The Kier molecular flexibility index (Phi) is 5.83. The fourth-order valence-electron chi connectivity index (χ4n) is 4.73. The van der Waals surface area contributed by atoms with Crippen molar-refractivity contribution in [3.05, 3.63) is 71.5 Å². The third kappa shape index (κ3) is 4.70. The van der Waals surface area contributed by atoms with Gasteiger partial charge >= 0.3 is 0 Å². The summed E-state index contributed by atoms with van der Waals surface area (Å²) in [4.78, 5) is 25.4. The number of pyridine rings is 1. The highest BCUT2D eigenvalue weighted by Gasteiger charge is 2.58. The summed E-state index contributed by atoms with van der Waals surface area (Å²) < 4.78 is 0. The predicted molar refractivity (Wildman–Crippen MR) is 124 cm³/mol. The van der Waals surface area contributed by atoms with E-state index < -0.39 is 0 Å². The first-order valence-electron chi connectivity index (χ1n) is 11.1. The molecular formula is C25H28N4OS. The molecule has 5 nitrogen and oxygen atoms in total. The number of rotatable bonds is 7. The van der Waals surface area contributed by atoms with E-state index in [-0.39, 0.29) is 17.2 Å². The number of nitrogens with one attached hydrogen (secondary N) is 1. The molecule has 1 atom stereocenters. The van der Waals surface area contributed by atoms with E-state index in [2.05, 4.69) is 44.5 Å². The molecule has 1 aliphatic carbocycles. The molecule has 1 spiro atoms. The second kappa shape index (κ2) is 8.89. The first-order chi connectivity index (χ1) is 15.2. The lowest BCUT2D eigenvalue weighted by Gasteiger charge is -2.32. The fraction of sp³-hybridized carbons (Fsp3) is 0.400. The number of amides is 1. The van der Waals surface area contributed by atoms with E-state index >= 15 is 0 Å². The Morgan fingerprint density at radius 1 is 1.10 bits per heavy atom. The molecule has 3 aromatic rings. The van der Waals surface area contributed by atoms with Crippen LogP contribution in [0.5, 0.6) is 0 Å². The van der Waals surface area contributed by atoms with Crippen LogP contribution in [0.1, 0.15) is 29.8 Å². The summed E-state index contributed by atoms with van der Waals surface area (Å²) in [5, 5.41) is 4.23. The first kappa shape index (κ1) is 20.3. The second-order valence-electron chi connectivity index (χ2n) is 8.76. The number of aromatic nitrogens is 2. The zero-order valence-electron chi connectivity index (χ0n) is 17.7. The molecule has 1 N–H and O–H groups in total. The highest BCUT2D eigenvalue weighted by molar-refractivity contribution is 7.15. The Hall–Kier alpha value is -2.57. The highest BCUT2D eigenvalue weighted by atomic mass is 32.1. The van der Waals surface area contributed by atoms with Crippen molar-refractivity contribution in [1.29, 1.82) is 0 Å². The van der Waals surface area contributed by atoms with Gasteiger partial charge in [-0.3, -0.25) is 14.7 Å². The summed E-state index contributed by atoms with van der Waals surface area (Å²) >= 11 is 1.79. The van der Waals surface area contributed by atoms with Crippen molar-refractivity contribution in [2.75, 3.05) is 19.6 Å². The van der Waals surface area contributed by atoms with Crippen molar-refractivity contribution in [3.8, 4) is 10.6 Å². The molecule has 2 aromatic heterocycles. The molecule has 1 saturated carbocycles. The van der Waals surface area contributed by atoms with E-state index in [1.807, 2.05) is 30.5 Å². The SMILES string of the molecule is O=C(NCCc1ccccn1)[C@H]1CC12CCN(Cc1cnc(-c3ccccc3)s1)CC2. The maximum atomic E-state index is 12.6. The normalized spacial score (nSPS) is 19.9. The molecule has 31 heavy (non-hydrogen) atoms. The molecule has 2 aliphatic rings. The largest absolute Gasteiger partial charge is 0.355 e. The summed E-state index contributed by atoms with van der Waals surface area (Å²) in [6, 6.07) is 16.3. The number of nitrogens with zero attached hydrogens (tertiary/aromatic N) is 3. The van der Waals surface area contributed by atoms with Crippen LogP contribution in [-0.4, -0.2) is 40.4 Å². The van der Waals surface area contributed by atoms with Gasteiger partial charge < -0.3 is 5.32 Å². The smallest absolute Gasteiger partial charge is 0.223 e. The minimum absolute atomic E-state index is 0.200. The number of piperidine rings is 1. The van der Waals surface area contributed by atoms with Gasteiger partial charge in [0.2, 0.25) is 5.91 Å². The maximum Gasteiger partial charge on any atom is 0.223 e. The molecule has 160 valence electrons. The Balaban J connectivity index is 1.07. The first-order valence-corrected chi connectivity index (χ1v) is 11.9.